The van der Waals surface area contributed by atoms with E-state index in [-0.39, 0.29) is 11.4 Å². The highest BCUT2D eigenvalue weighted by Gasteiger charge is 2.43. The molecule has 1 fully saturated rings. The van der Waals surface area contributed by atoms with Crippen molar-refractivity contribution < 1.29 is 9.53 Å². The molecule has 2 aliphatic heterocycles. The predicted molar refractivity (Wildman–Crippen MR) is 64.5 cm³/mol. The van der Waals surface area contributed by atoms with Crippen molar-refractivity contribution in [1.29, 1.82) is 0 Å². The lowest BCUT2D eigenvalue weighted by atomic mass is 9.76. The average molecular weight is 282 g/mol. The Morgan fingerprint density at radius 3 is 3.12 bits per heavy atom. The first kappa shape index (κ1) is 10.1. The number of carbonyl (C=O) groups is 1. The van der Waals surface area contributed by atoms with E-state index < -0.39 is 0 Å². The molecule has 0 saturated carbocycles. The van der Waals surface area contributed by atoms with Crippen LogP contribution in [0.4, 0.5) is 5.69 Å². The van der Waals surface area contributed by atoms with Gasteiger partial charge in [-0.3, -0.25) is 4.79 Å². The van der Waals surface area contributed by atoms with Crippen LogP contribution < -0.4 is 5.32 Å². The molecule has 1 saturated heterocycles. The minimum atomic E-state index is -0.0798. The van der Waals surface area contributed by atoms with Crippen LogP contribution in [0.5, 0.6) is 0 Å². The van der Waals surface area contributed by atoms with Gasteiger partial charge in [-0.25, -0.2) is 0 Å². The fourth-order valence-electron chi connectivity index (χ4n) is 2.64. The molecule has 0 aromatic heterocycles. The second-order valence-corrected chi connectivity index (χ2v) is 5.39. The van der Waals surface area contributed by atoms with E-state index in [0.717, 1.165) is 23.1 Å². The molecule has 3 nitrogen and oxygen atoms in total. The number of hydrogen-bond donors (Lipinski definition) is 1. The molecule has 84 valence electrons. The molecule has 2 aliphatic rings. The molecule has 3 rings (SSSR count). The van der Waals surface area contributed by atoms with Crippen LogP contribution in [0.15, 0.2) is 22.7 Å². The minimum absolute atomic E-state index is 0.0363. The van der Waals surface area contributed by atoms with Crippen molar-refractivity contribution >= 4 is 27.6 Å². The molecule has 16 heavy (non-hydrogen) atoms. The van der Waals surface area contributed by atoms with Crippen LogP contribution in [0.1, 0.15) is 18.4 Å². The first-order chi connectivity index (χ1) is 7.70. The lowest BCUT2D eigenvalue weighted by Gasteiger charge is -2.32. The Morgan fingerprint density at radius 2 is 2.31 bits per heavy atom. The normalized spacial score (nSPS) is 27.4. The number of halogens is 1. The van der Waals surface area contributed by atoms with Gasteiger partial charge in [0.15, 0.2) is 0 Å². The van der Waals surface area contributed by atoms with Gasteiger partial charge in [-0.2, -0.15) is 0 Å². The molecule has 1 spiro atoms. The number of ether oxygens (including phenoxy) is 1. The predicted octanol–water partition coefficient (Wildman–Crippen LogP) is 2.45. The molecule has 0 bridgehead atoms. The quantitative estimate of drug-likeness (QED) is 0.743. The Kier molecular flexibility index (Phi) is 2.21. The highest BCUT2D eigenvalue weighted by molar-refractivity contribution is 9.10. The maximum absolute atomic E-state index is 11.4. The van der Waals surface area contributed by atoms with Gasteiger partial charge in [0.1, 0.15) is 0 Å². The molecular formula is C12H12BrNO2. The lowest BCUT2D eigenvalue weighted by Crippen LogP contribution is -2.38. The Balaban J connectivity index is 2.04. The summed E-state index contributed by atoms with van der Waals surface area (Å²) < 4.78 is 6.09. The second kappa shape index (κ2) is 3.48. The molecule has 0 amide bonds. The highest BCUT2D eigenvalue weighted by Crippen LogP contribution is 2.44. The topological polar surface area (TPSA) is 38.3 Å². The van der Waals surface area contributed by atoms with Gasteiger partial charge in [-0.15, -0.1) is 0 Å². The third-order valence-electron chi connectivity index (χ3n) is 3.50. The van der Waals surface area contributed by atoms with Crippen LogP contribution in [-0.2, 0) is 14.9 Å². The van der Waals surface area contributed by atoms with Crippen molar-refractivity contribution in [3.05, 3.63) is 28.2 Å². The first-order valence-electron chi connectivity index (χ1n) is 5.39. The maximum Gasteiger partial charge on any atom is 0.306 e. The molecule has 2 heterocycles. The number of carbonyl (C=O) groups excluding carboxylic acids is 1. The van der Waals surface area contributed by atoms with Crippen molar-refractivity contribution in [2.45, 2.75) is 18.3 Å². The smallest absolute Gasteiger partial charge is 0.306 e. The van der Waals surface area contributed by atoms with Crippen LogP contribution in [0.2, 0.25) is 0 Å². The Morgan fingerprint density at radius 1 is 1.44 bits per heavy atom. The van der Waals surface area contributed by atoms with Crippen LogP contribution in [0, 0.1) is 0 Å². The Bertz CT molecular complexity index is 460. The Hall–Kier alpha value is -1.03. The summed E-state index contributed by atoms with van der Waals surface area (Å²) in [5.41, 5.74) is 2.36. The van der Waals surface area contributed by atoms with Gasteiger partial charge in [0.05, 0.1) is 13.0 Å². The van der Waals surface area contributed by atoms with Crippen molar-refractivity contribution in [3.63, 3.8) is 0 Å². The van der Waals surface area contributed by atoms with Gasteiger partial charge in [-0.05, 0) is 24.1 Å². The van der Waals surface area contributed by atoms with E-state index in [2.05, 4.69) is 33.4 Å². The molecule has 0 radical (unpaired) electrons. The third kappa shape index (κ3) is 1.44. The van der Waals surface area contributed by atoms with Gasteiger partial charge in [-0.1, -0.05) is 22.0 Å². The van der Waals surface area contributed by atoms with Crippen molar-refractivity contribution in [3.8, 4) is 0 Å². The highest BCUT2D eigenvalue weighted by atomic mass is 79.9. The average Bonchev–Trinajstić information content (AvgIpc) is 2.57. The third-order valence-corrected chi connectivity index (χ3v) is 3.99. The fraction of sp³-hybridized carbons (Fsp3) is 0.417. The van der Waals surface area contributed by atoms with Gasteiger partial charge in [0.2, 0.25) is 0 Å². The van der Waals surface area contributed by atoms with E-state index in [9.17, 15) is 4.79 Å². The van der Waals surface area contributed by atoms with Crippen LogP contribution in [0.3, 0.4) is 0 Å². The van der Waals surface area contributed by atoms with Crippen LogP contribution in [0.25, 0.3) is 0 Å². The number of fused-ring (bicyclic) bond motifs is 2. The number of hydrogen-bond acceptors (Lipinski definition) is 3. The zero-order valence-corrected chi connectivity index (χ0v) is 10.3. The standard InChI is InChI=1S/C12H12BrNO2/c13-8-1-2-9-10(5-8)14-7-12(9)3-4-16-11(15)6-12/h1-2,5,14H,3-4,6-7H2. The second-order valence-electron chi connectivity index (χ2n) is 4.47. The molecule has 1 unspecified atom stereocenters. The summed E-state index contributed by atoms with van der Waals surface area (Å²) in [4.78, 5) is 11.4. The summed E-state index contributed by atoms with van der Waals surface area (Å²) in [6, 6.07) is 6.22. The number of nitrogens with one attached hydrogen (secondary N) is 1. The number of esters is 1. The molecule has 0 aliphatic carbocycles. The molecule has 1 atom stereocenters. The zero-order valence-electron chi connectivity index (χ0n) is 8.75. The van der Waals surface area contributed by atoms with Crippen molar-refractivity contribution in [2.75, 3.05) is 18.5 Å². The summed E-state index contributed by atoms with van der Waals surface area (Å²) >= 11 is 3.46. The van der Waals surface area contributed by atoms with Crippen LogP contribution in [-0.4, -0.2) is 19.1 Å². The number of anilines is 1. The lowest BCUT2D eigenvalue weighted by molar-refractivity contribution is -0.149. The summed E-state index contributed by atoms with van der Waals surface area (Å²) in [7, 11) is 0. The van der Waals surface area contributed by atoms with E-state index in [0.29, 0.717) is 13.0 Å². The maximum atomic E-state index is 11.4. The molecule has 1 aromatic rings. The summed E-state index contributed by atoms with van der Waals surface area (Å²) in [5, 5.41) is 3.38. The summed E-state index contributed by atoms with van der Waals surface area (Å²) in [5.74, 6) is -0.0798. The number of rotatable bonds is 0. The minimum Gasteiger partial charge on any atom is -0.466 e. The van der Waals surface area contributed by atoms with E-state index in [1.807, 2.05) is 6.07 Å². The molecule has 1 aromatic carbocycles. The number of cyclic esters (lactones) is 1. The molecule has 1 N–H and O–H groups in total. The van der Waals surface area contributed by atoms with Gasteiger partial charge in [0, 0.05) is 22.1 Å². The molecular weight excluding hydrogens is 270 g/mol. The van der Waals surface area contributed by atoms with Gasteiger partial charge >= 0.3 is 5.97 Å². The monoisotopic (exact) mass is 281 g/mol. The molecule has 4 heteroatoms. The first-order valence-corrected chi connectivity index (χ1v) is 6.18. The zero-order chi connectivity index (χ0) is 11.2. The van der Waals surface area contributed by atoms with Gasteiger partial charge in [0.25, 0.3) is 0 Å². The van der Waals surface area contributed by atoms with Crippen molar-refractivity contribution in [1.82, 2.24) is 0 Å². The summed E-state index contributed by atoms with van der Waals surface area (Å²) in [6.07, 6.45) is 1.41. The fourth-order valence-corrected chi connectivity index (χ4v) is 3.00. The largest absolute Gasteiger partial charge is 0.466 e. The van der Waals surface area contributed by atoms with Crippen LogP contribution >= 0.6 is 15.9 Å². The van der Waals surface area contributed by atoms with Crippen molar-refractivity contribution in [2.24, 2.45) is 0 Å². The van der Waals surface area contributed by atoms with E-state index in [4.69, 9.17) is 4.74 Å². The van der Waals surface area contributed by atoms with E-state index in [1.165, 1.54) is 5.56 Å². The van der Waals surface area contributed by atoms with Gasteiger partial charge < -0.3 is 10.1 Å². The van der Waals surface area contributed by atoms with E-state index in [1.54, 1.807) is 0 Å². The Labute approximate surface area is 102 Å². The number of benzene rings is 1. The van der Waals surface area contributed by atoms with E-state index >= 15 is 0 Å². The SMILES string of the molecule is O=C1CC2(CCO1)CNc1cc(Br)ccc12. The summed E-state index contributed by atoms with van der Waals surface area (Å²) in [6.45, 7) is 1.38.